The molecule has 16 heavy (non-hydrogen) atoms. The van der Waals surface area contributed by atoms with E-state index in [0.29, 0.717) is 5.92 Å². The van der Waals surface area contributed by atoms with Gasteiger partial charge in [-0.1, -0.05) is 33.1 Å². The van der Waals surface area contributed by atoms with E-state index in [2.05, 4.69) is 19.2 Å². The van der Waals surface area contributed by atoms with E-state index in [4.69, 9.17) is 4.74 Å². The lowest BCUT2D eigenvalue weighted by molar-refractivity contribution is -0.154. The minimum atomic E-state index is -0.248. The van der Waals surface area contributed by atoms with E-state index < -0.39 is 0 Å². The van der Waals surface area contributed by atoms with Crippen molar-refractivity contribution in [1.29, 1.82) is 0 Å². The molecule has 94 valence electrons. The van der Waals surface area contributed by atoms with Crippen molar-refractivity contribution in [2.75, 3.05) is 20.2 Å². The first-order valence-electron chi connectivity index (χ1n) is 6.40. The molecule has 0 aromatic rings. The third-order valence-corrected chi connectivity index (χ3v) is 3.45. The van der Waals surface area contributed by atoms with Crippen LogP contribution in [-0.4, -0.2) is 26.2 Å². The maximum Gasteiger partial charge on any atom is 0.313 e. The lowest BCUT2D eigenvalue weighted by Gasteiger charge is -2.34. The molecule has 0 unspecified atom stereocenters. The van der Waals surface area contributed by atoms with Crippen LogP contribution in [0.2, 0.25) is 0 Å². The molecule has 1 aliphatic rings. The summed E-state index contributed by atoms with van der Waals surface area (Å²) in [6.45, 7) is 6.11. The number of methoxy groups -OCH3 is 1. The largest absolute Gasteiger partial charge is 0.469 e. The van der Waals surface area contributed by atoms with Gasteiger partial charge in [0.2, 0.25) is 0 Å². The summed E-state index contributed by atoms with van der Waals surface area (Å²) >= 11 is 0. The zero-order valence-electron chi connectivity index (χ0n) is 10.8. The Balaban J connectivity index is 2.52. The fourth-order valence-electron chi connectivity index (χ4n) is 2.50. The van der Waals surface area contributed by atoms with Gasteiger partial charge < -0.3 is 10.1 Å². The highest BCUT2D eigenvalue weighted by atomic mass is 16.5. The van der Waals surface area contributed by atoms with Gasteiger partial charge in [0, 0.05) is 6.54 Å². The fraction of sp³-hybridized carbons (Fsp3) is 0.923. The Labute approximate surface area is 98.9 Å². The number of carbonyl (C=O) groups is 1. The van der Waals surface area contributed by atoms with Gasteiger partial charge in [0.05, 0.1) is 12.5 Å². The molecule has 0 bridgehead atoms. The highest BCUT2D eigenvalue weighted by Gasteiger charge is 2.40. The number of hydrogen-bond acceptors (Lipinski definition) is 3. The van der Waals surface area contributed by atoms with Crippen molar-refractivity contribution in [1.82, 2.24) is 5.32 Å². The van der Waals surface area contributed by atoms with Gasteiger partial charge in [-0.3, -0.25) is 4.79 Å². The Hall–Kier alpha value is -0.570. The molecule has 0 atom stereocenters. The predicted octanol–water partition coefficient (Wildman–Crippen LogP) is 2.36. The van der Waals surface area contributed by atoms with E-state index in [-0.39, 0.29) is 11.4 Å². The minimum absolute atomic E-state index is 0.0246. The Morgan fingerprint density at radius 3 is 2.44 bits per heavy atom. The normalized spacial score (nSPS) is 19.8. The highest BCUT2D eigenvalue weighted by Crippen LogP contribution is 2.36. The van der Waals surface area contributed by atoms with Crippen molar-refractivity contribution in [2.45, 2.75) is 46.0 Å². The summed E-state index contributed by atoms with van der Waals surface area (Å²) in [5, 5.41) is 3.41. The molecule has 0 aromatic carbocycles. The van der Waals surface area contributed by atoms with E-state index in [1.807, 2.05) is 0 Å². The van der Waals surface area contributed by atoms with Crippen molar-refractivity contribution in [2.24, 2.45) is 11.3 Å². The van der Waals surface area contributed by atoms with E-state index in [0.717, 1.165) is 38.8 Å². The standard InChI is InChI=1S/C13H25NO2/c1-11(2)9-14-10-13(12(15)16-3)7-5-4-6-8-13/h11,14H,4-10H2,1-3H3. The van der Waals surface area contributed by atoms with Crippen molar-refractivity contribution in [3.63, 3.8) is 0 Å². The van der Waals surface area contributed by atoms with Crippen molar-refractivity contribution in [3.05, 3.63) is 0 Å². The number of hydrogen-bond donors (Lipinski definition) is 1. The average Bonchev–Trinajstić information content (AvgIpc) is 2.28. The van der Waals surface area contributed by atoms with Gasteiger partial charge in [-0.25, -0.2) is 0 Å². The molecule has 1 saturated carbocycles. The molecule has 0 aliphatic heterocycles. The zero-order chi connectivity index (χ0) is 12.0. The van der Waals surface area contributed by atoms with Crippen LogP contribution < -0.4 is 5.32 Å². The molecule has 0 radical (unpaired) electrons. The number of rotatable bonds is 5. The first-order chi connectivity index (χ1) is 7.60. The molecular formula is C13H25NO2. The summed E-state index contributed by atoms with van der Waals surface area (Å²) in [7, 11) is 1.50. The average molecular weight is 227 g/mol. The van der Waals surface area contributed by atoms with Crippen LogP contribution in [0.25, 0.3) is 0 Å². The van der Waals surface area contributed by atoms with Gasteiger partial charge in [0.15, 0.2) is 0 Å². The maximum atomic E-state index is 11.9. The van der Waals surface area contributed by atoms with Crippen LogP contribution in [0.3, 0.4) is 0 Å². The van der Waals surface area contributed by atoms with Crippen LogP contribution >= 0.6 is 0 Å². The summed E-state index contributed by atoms with van der Waals surface area (Å²) < 4.78 is 4.97. The van der Waals surface area contributed by atoms with Crippen LogP contribution in [0.15, 0.2) is 0 Å². The topological polar surface area (TPSA) is 38.3 Å². The monoisotopic (exact) mass is 227 g/mol. The quantitative estimate of drug-likeness (QED) is 0.733. The molecule has 1 N–H and O–H groups in total. The fourth-order valence-corrected chi connectivity index (χ4v) is 2.50. The second-order valence-corrected chi connectivity index (χ2v) is 5.36. The van der Waals surface area contributed by atoms with Crippen molar-refractivity contribution >= 4 is 5.97 Å². The number of ether oxygens (including phenoxy) is 1. The molecule has 0 amide bonds. The Kier molecular flexibility index (Phi) is 5.26. The second kappa shape index (κ2) is 6.24. The number of carbonyl (C=O) groups excluding carboxylic acids is 1. The maximum absolute atomic E-state index is 11.9. The molecule has 3 nitrogen and oxygen atoms in total. The first-order valence-corrected chi connectivity index (χ1v) is 6.40. The zero-order valence-corrected chi connectivity index (χ0v) is 10.8. The number of nitrogens with one attached hydrogen (secondary N) is 1. The summed E-state index contributed by atoms with van der Waals surface area (Å²) in [5.74, 6) is 0.599. The molecule has 0 heterocycles. The molecule has 3 heteroatoms. The highest BCUT2D eigenvalue weighted by molar-refractivity contribution is 5.77. The predicted molar refractivity (Wildman–Crippen MR) is 65.2 cm³/mol. The SMILES string of the molecule is COC(=O)C1(CNCC(C)C)CCCCC1. The van der Waals surface area contributed by atoms with Crippen LogP contribution in [-0.2, 0) is 9.53 Å². The lowest BCUT2D eigenvalue weighted by atomic mass is 9.74. The van der Waals surface area contributed by atoms with Crippen molar-refractivity contribution in [3.8, 4) is 0 Å². The van der Waals surface area contributed by atoms with Gasteiger partial charge in [-0.2, -0.15) is 0 Å². The van der Waals surface area contributed by atoms with Crippen LogP contribution in [0, 0.1) is 11.3 Å². The van der Waals surface area contributed by atoms with E-state index in [1.54, 1.807) is 0 Å². The molecule has 0 aromatic heterocycles. The Morgan fingerprint density at radius 2 is 1.94 bits per heavy atom. The van der Waals surface area contributed by atoms with Crippen LogP contribution in [0.1, 0.15) is 46.0 Å². The van der Waals surface area contributed by atoms with Crippen molar-refractivity contribution < 1.29 is 9.53 Å². The van der Waals surface area contributed by atoms with E-state index >= 15 is 0 Å². The molecule has 1 rings (SSSR count). The Bertz CT molecular complexity index is 220. The van der Waals surface area contributed by atoms with E-state index in [9.17, 15) is 4.79 Å². The third kappa shape index (κ3) is 3.48. The van der Waals surface area contributed by atoms with Gasteiger partial charge in [0.1, 0.15) is 0 Å². The Morgan fingerprint density at radius 1 is 1.31 bits per heavy atom. The smallest absolute Gasteiger partial charge is 0.313 e. The van der Waals surface area contributed by atoms with Crippen LogP contribution in [0.5, 0.6) is 0 Å². The minimum Gasteiger partial charge on any atom is -0.469 e. The molecule has 0 spiro atoms. The summed E-state index contributed by atoms with van der Waals surface area (Å²) in [5.41, 5.74) is -0.248. The van der Waals surface area contributed by atoms with Gasteiger partial charge in [-0.05, 0) is 25.3 Å². The summed E-state index contributed by atoms with van der Waals surface area (Å²) in [6.07, 6.45) is 5.51. The van der Waals surface area contributed by atoms with Gasteiger partial charge in [-0.15, -0.1) is 0 Å². The van der Waals surface area contributed by atoms with Gasteiger partial charge in [0.25, 0.3) is 0 Å². The first kappa shape index (κ1) is 13.5. The van der Waals surface area contributed by atoms with Gasteiger partial charge >= 0.3 is 5.97 Å². The molecule has 1 fully saturated rings. The second-order valence-electron chi connectivity index (χ2n) is 5.36. The number of esters is 1. The summed E-state index contributed by atoms with van der Waals surface area (Å²) in [6, 6.07) is 0. The molecular weight excluding hydrogens is 202 g/mol. The van der Waals surface area contributed by atoms with Crippen LogP contribution in [0.4, 0.5) is 0 Å². The molecule has 1 aliphatic carbocycles. The third-order valence-electron chi connectivity index (χ3n) is 3.45. The summed E-state index contributed by atoms with van der Waals surface area (Å²) in [4.78, 5) is 11.9. The lowest BCUT2D eigenvalue weighted by Crippen LogP contribution is -2.44. The van der Waals surface area contributed by atoms with E-state index in [1.165, 1.54) is 13.5 Å². The molecule has 0 saturated heterocycles.